The third-order valence-corrected chi connectivity index (χ3v) is 11.0. The summed E-state index contributed by atoms with van der Waals surface area (Å²) in [5, 5.41) is 24.7. The Bertz CT molecular complexity index is 1250. The van der Waals surface area contributed by atoms with Crippen molar-refractivity contribution in [2.45, 2.75) is 32.4 Å². The van der Waals surface area contributed by atoms with Crippen LogP contribution in [0, 0.1) is 0 Å². The highest BCUT2D eigenvalue weighted by Gasteiger charge is 2.58. The number of halogens is 1. The molecule has 198 valence electrons. The van der Waals surface area contributed by atoms with Gasteiger partial charge in [-0.15, -0.1) is 35.3 Å². The summed E-state index contributed by atoms with van der Waals surface area (Å²) in [4.78, 5) is 49.3. The Labute approximate surface area is 233 Å². The third-order valence-electron chi connectivity index (χ3n) is 5.53. The van der Waals surface area contributed by atoms with Crippen LogP contribution in [0.2, 0.25) is 4.34 Å². The number of rotatable bonds is 10. The third kappa shape index (κ3) is 5.63. The zero-order valence-corrected chi connectivity index (χ0v) is 23.0. The van der Waals surface area contributed by atoms with Gasteiger partial charge in [0.2, 0.25) is 5.91 Å². The summed E-state index contributed by atoms with van der Waals surface area (Å²) in [5.41, 5.74) is 10.6. The van der Waals surface area contributed by atoms with Gasteiger partial charge in [-0.25, -0.2) is 4.98 Å². The van der Waals surface area contributed by atoms with Gasteiger partial charge in [-0.1, -0.05) is 28.1 Å². The number of fused-ring (bicyclic) bond motifs is 1. The summed E-state index contributed by atoms with van der Waals surface area (Å²) in [6, 6.07) is 0.841. The number of hydrogen-bond acceptors (Lipinski definition) is 13. The lowest BCUT2D eigenvalue weighted by molar-refractivity contribution is -0.151. The second-order valence-corrected chi connectivity index (χ2v) is 13.3. The first-order chi connectivity index (χ1) is 17.7. The van der Waals surface area contributed by atoms with Gasteiger partial charge in [-0.05, 0) is 24.8 Å². The Balaban J connectivity index is 1.46. The number of thioether (sulfide) groups is 3. The van der Waals surface area contributed by atoms with Gasteiger partial charge in [0.05, 0.1) is 0 Å². The largest absolute Gasteiger partial charge is 0.480 e. The van der Waals surface area contributed by atoms with Gasteiger partial charge in [0.15, 0.2) is 10.8 Å². The number of nitrogens with zero attached hydrogens (tertiary/aromatic N) is 4. The number of nitrogens with two attached hydrogens (primary N) is 2. The molecule has 2 aromatic rings. The quantitative estimate of drug-likeness (QED) is 0.0654. The maximum atomic E-state index is 13.0. The first-order valence-electron chi connectivity index (χ1n) is 10.8. The Kier molecular flexibility index (Phi) is 8.75. The summed E-state index contributed by atoms with van der Waals surface area (Å²) in [6.07, 6.45) is 4.11. The van der Waals surface area contributed by atoms with Gasteiger partial charge < -0.3 is 32.0 Å². The second-order valence-electron chi connectivity index (χ2n) is 7.96. The monoisotopic (exact) mass is 603 g/mol. The smallest absolute Gasteiger partial charge is 0.322 e. The molecule has 0 bridgehead atoms. The summed E-state index contributed by atoms with van der Waals surface area (Å²) in [7, 11) is 0. The highest BCUT2D eigenvalue weighted by molar-refractivity contribution is 8.05. The number of aliphatic carboxylic acids is 1. The van der Waals surface area contributed by atoms with Crippen molar-refractivity contribution in [3.63, 3.8) is 0 Å². The van der Waals surface area contributed by atoms with Crippen molar-refractivity contribution in [2.75, 3.05) is 30.3 Å². The van der Waals surface area contributed by atoms with Crippen LogP contribution in [0.4, 0.5) is 5.13 Å². The summed E-state index contributed by atoms with van der Waals surface area (Å²) < 4.78 is -1.23. The molecule has 12 nitrogen and oxygen atoms in total. The predicted octanol–water partition coefficient (Wildman–Crippen LogP) is 1.41. The lowest BCUT2D eigenvalue weighted by Crippen LogP contribution is -2.74. The number of aromatic nitrogens is 2. The number of nitrogens with one attached hydrogen (secondary N) is 1. The Morgan fingerprint density at radius 2 is 2.19 bits per heavy atom. The fourth-order valence-corrected chi connectivity index (χ4v) is 8.63. The van der Waals surface area contributed by atoms with E-state index >= 15 is 0 Å². The van der Waals surface area contributed by atoms with Gasteiger partial charge in [-0.2, -0.15) is 0 Å². The van der Waals surface area contributed by atoms with E-state index in [0.717, 1.165) is 33.3 Å². The fourth-order valence-electron chi connectivity index (χ4n) is 3.70. The van der Waals surface area contributed by atoms with Crippen molar-refractivity contribution in [3.05, 3.63) is 28.5 Å². The highest BCUT2D eigenvalue weighted by Crippen LogP contribution is 2.48. The Hall–Kier alpha value is -2.24. The maximum absolute atomic E-state index is 13.0. The molecule has 2 saturated heterocycles. The minimum absolute atomic E-state index is 0.0412. The van der Waals surface area contributed by atoms with E-state index in [2.05, 4.69) is 20.4 Å². The standard InChI is InChI=1S/C20H22ClN7O5S4/c21-14-11(26-19(23)36-14)12(27-33)15(29)25-13-16(30)28-7-20(18(31)32,8-35-17(13)28)37-9-2-4-24-6-10(9)34-5-1-3-22/h2,4,6,13,17,33H,1,3,5,7-8,22H2,(H2,23,26)(H,25,29)(H,31,32)/t13-,17-,20?/m1/s1. The van der Waals surface area contributed by atoms with Crippen molar-refractivity contribution in [3.8, 4) is 0 Å². The number of β-lactam (4-membered cyclic amide) rings is 1. The highest BCUT2D eigenvalue weighted by atomic mass is 35.5. The van der Waals surface area contributed by atoms with Crippen LogP contribution in [-0.2, 0) is 14.4 Å². The number of thiazole rings is 1. The summed E-state index contributed by atoms with van der Waals surface area (Å²) in [6.45, 7) is 0.513. The molecule has 3 atom stereocenters. The number of carbonyl (C=O) groups is 3. The molecule has 2 aliphatic rings. The van der Waals surface area contributed by atoms with Gasteiger partial charge >= 0.3 is 5.97 Å². The number of carboxylic acids is 1. The molecule has 37 heavy (non-hydrogen) atoms. The molecule has 0 radical (unpaired) electrons. The van der Waals surface area contributed by atoms with Gasteiger partial charge in [-0.3, -0.25) is 19.4 Å². The van der Waals surface area contributed by atoms with Crippen LogP contribution in [0.15, 0.2) is 33.4 Å². The fraction of sp³-hybridized carbons (Fsp3) is 0.400. The van der Waals surface area contributed by atoms with E-state index in [-0.39, 0.29) is 27.5 Å². The first-order valence-corrected chi connectivity index (χ1v) is 14.8. The first kappa shape index (κ1) is 27.8. The molecule has 1 unspecified atom stereocenters. The van der Waals surface area contributed by atoms with E-state index in [1.807, 2.05) is 0 Å². The van der Waals surface area contributed by atoms with E-state index in [4.69, 9.17) is 23.1 Å². The molecule has 0 saturated carbocycles. The zero-order chi connectivity index (χ0) is 26.7. The molecule has 2 aromatic heterocycles. The summed E-state index contributed by atoms with van der Waals surface area (Å²) in [5.74, 6) is -1.36. The SMILES string of the molecule is NCCCSc1cnccc1SC1(C(=O)O)CS[C@@H]2[C@H](NC(=O)C(=NO)c3nc(N)sc3Cl)C(=O)N2C1. The number of carbonyl (C=O) groups excluding carboxylic acids is 2. The molecule has 17 heteroatoms. The number of nitrogen functional groups attached to an aromatic ring is 1. The zero-order valence-electron chi connectivity index (χ0n) is 19.0. The topological polar surface area (TPSA) is 197 Å². The van der Waals surface area contributed by atoms with Gasteiger partial charge in [0, 0.05) is 34.5 Å². The van der Waals surface area contributed by atoms with E-state index in [1.54, 1.807) is 30.2 Å². The Morgan fingerprint density at radius 3 is 2.84 bits per heavy atom. The van der Waals surface area contributed by atoms with Crippen LogP contribution < -0.4 is 16.8 Å². The minimum atomic E-state index is -1.29. The molecular weight excluding hydrogens is 582 g/mol. The maximum Gasteiger partial charge on any atom is 0.322 e. The van der Waals surface area contributed by atoms with Gasteiger partial charge in [0.25, 0.3) is 5.91 Å². The lowest BCUT2D eigenvalue weighted by Gasteiger charge is -2.53. The Morgan fingerprint density at radius 1 is 1.41 bits per heavy atom. The van der Waals surface area contributed by atoms with Crippen LogP contribution in [0.25, 0.3) is 0 Å². The predicted molar refractivity (Wildman–Crippen MR) is 145 cm³/mol. The molecule has 7 N–H and O–H groups in total. The second kappa shape index (κ2) is 11.7. The molecule has 0 aromatic carbocycles. The minimum Gasteiger partial charge on any atom is -0.480 e. The normalized spacial score (nSPS) is 23.4. The lowest BCUT2D eigenvalue weighted by atomic mass is 10.0. The number of carboxylic acid groups (broad SMARTS) is 1. The molecule has 2 aliphatic heterocycles. The average molecular weight is 604 g/mol. The van der Waals surface area contributed by atoms with Crippen LogP contribution >= 0.6 is 58.2 Å². The summed E-state index contributed by atoms with van der Waals surface area (Å²) >= 11 is 10.9. The van der Waals surface area contributed by atoms with Crippen molar-refractivity contribution in [1.29, 1.82) is 0 Å². The number of anilines is 1. The van der Waals surface area contributed by atoms with Crippen LogP contribution in [0.1, 0.15) is 12.1 Å². The van der Waals surface area contributed by atoms with Crippen molar-refractivity contribution < 1.29 is 24.7 Å². The molecule has 2 fully saturated rings. The molecular formula is C20H22ClN7O5S4. The average Bonchev–Trinajstić information content (AvgIpc) is 3.21. The van der Waals surface area contributed by atoms with Gasteiger partial charge in [0.1, 0.15) is 26.2 Å². The van der Waals surface area contributed by atoms with E-state index in [9.17, 15) is 24.7 Å². The van der Waals surface area contributed by atoms with Crippen LogP contribution in [0.3, 0.4) is 0 Å². The number of oxime groups is 1. The van der Waals surface area contributed by atoms with Crippen molar-refractivity contribution in [1.82, 2.24) is 20.2 Å². The van der Waals surface area contributed by atoms with E-state index < -0.39 is 39.7 Å². The molecule has 0 spiro atoms. The van der Waals surface area contributed by atoms with Crippen molar-refractivity contribution >= 4 is 86.9 Å². The molecule has 4 heterocycles. The molecule has 4 rings (SSSR count). The molecule has 2 amide bonds. The molecule has 0 aliphatic carbocycles. The van der Waals surface area contributed by atoms with E-state index in [0.29, 0.717) is 6.54 Å². The van der Waals surface area contributed by atoms with E-state index in [1.165, 1.54) is 28.4 Å². The van der Waals surface area contributed by atoms with Crippen LogP contribution in [-0.4, -0.2) is 89.4 Å². The van der Waals surface area contributed by atoms with Crippen molar-refractivity contribution in [2.24, 2.45) is 10.9 Å². The number of hydrogen-bond donors (Lipinski definition) is 5. The number of amides is 2. The number of pyridine rings is 1. The van der Waals surface area contributed by atoms with Crippen LogP contribution in [0.5, 0.6) is 0 Å².